The van der Waals surface area contributed by atoms with Crippen LogP contribution in [0.3, 0.4) is 0 Å². The van der Waals surface area contributed by atoms with E-state index in [2.05, 4.69) is 27.6 Å². The smallest absolute Gasteiger partial charge is 0.211 e. The van der Waals surface area contributed by atoms with Crippen molar-refractivity contribution in [2.75, 3.05) is 0 Å². The van der Waals surface area contributed by atoms with E-state index in [0.29, 0.717) is 0 Å². The van der Waals surface area contributed by atoms with Crippen molar-refractivity contribution in [2.24, 2.45) is 4.99 Å². The van der Waals surface area contributed by atoms with Gasteiger partial charge >= 0.3 is 0 Å². The standard InChI is InChI=1S/C13H12N2OS/c1-9-11-7-10(3-4-12(11)17-15-9)13(14-8-16)5-2-6-13/h3-4,7H,2,5-6H2,1H3. The van der Waals surface area contributed by atoms with Crippen LogP contribution >= 0.6 is 11.5 Å². The second kappa shape index (κ2) is 3.76. The molecule has 1 aromatic carbocycles. The summed E-state index contributed by atoms with van der Waals surface area (Å²) in [4.78, 5) is 14.6. The predicted octanol–water partition coefficient (Wildman–Crippen LogP) is 3.32. The molecule has 0 aliphatic heterocycles. The van der Waals surface area contributed by atoms with E-state index in [1.165, 1.54) is 21.6 Å². The molecule has 0 unspecified atom stereocenters. The molecular formula is C13H12N2OS. The summed E-state index contributed by atoms with van der Waals surface area (Å²) >= 11 is 1.51. The lowest BCUT2D eigenvalue weighted by Crippen LogP contribution is -2.31. The third kappa shape index (κ3) is 1.53. The van der Waals surface area contributed by atoms with Crippen molar-refractivity contribution in [3.8, 4) is 0 Å². The molecule has 86 valence electrons. The number of rotatable bonds is 2. The van der Waals surface area contributed by atoms with Crippen LogP contribution in [0.5, 0.6) is 0 Å². The summed E-state index contributed by atoms with van der Waals surface area (Å²) in [6, 6.07) is 6.28. The molecule has 0 N–H and O–H groups in total. The molecule has 2 aromatic rings. The molecule has 3 nitrogen and oxygen atoms in total. The van der Waals surface area contributed by atoms with Crippen LogP contribution in [0.15, 0.2) is 23.2 Å². The first-order chi connectivity index (χ1) is 8.25. The molecule has 0 amide bonds. The van der Waals surface area contributed by atoms with Gasteiger partial charge in [0.25, 0.3) is 0 Å². The number of carbonyl (C=O) groups excluding carboxylic acids is 1. The maximum absolute atomic E-state index is 10.6. The number of aryl methyl sites for hydroxylation is 1. The second-order valence-corrected chi connectivity index (χ2v) is 5.37. The normalized spacial score (nSPS) is 17.5. The van der Waals surface area contributed by atoms with Crippen LogP contribution in [0, 0.1) is 6.92 Å². The SMILES string of the molecule is Cc1nsc2ccc(C3(N=C=O)CCC3)cc12. The number of hydrogen-bond acceptors (Lipinski definition) is 4. The topological polar surface area (TPSA) is 42.3 Å². The summed E-state index contributed by atoms with van der Waals surface area (Å²) in [7, 11) is 0. The van der Waals surface area contributed by atoms with Gasteiger partial charge < -0.3 is 0 Å². The maximum atomic E-state index is 10.6. The molecule has 1 aliphatic carbocycles. The quantitative estimate of drug-likeness (QED) is 0.600. The minimum Gasteiger partial charge on any atom is -0.211 e. The van der Waals surface area contributed by atoms with Crippen molar-refractivity contribution in [1.82, 2.24) is 4.37 Å². The summed E-state index contributed by atoms with van der Waals surface area (Å²) < 4.78 is 5.53. The Balaban J connectivity index is 2.16. The Kier molecular flexibility index (Phi) is 2.35. The molecule has 1 aliphatic rings. The van der Waals surface area contributed by atoms with Gasteiger partial charge in [0.1, 0.15) is 0 Å². The van der Waals surface area contributed by atoms with Crippen molar-refractivity contribution in [3.05, 3.63) is 29.5 Å². The highest BCUT2D eigenvalue weighted by atomic mass is 32.1. The zero-order valence-corrected chi connectivity index (χ0v) is 10.4. The zero-order valence-electron chi connectivity index (χ0n) is 9.56. The Morgan fingerprint density at radius 2 is 2.29 bits per heavy atom. The van der Waals surface area contributed by atoms with Crippen molar-refractivity contribution in [2.45, 2.75) is 31.7 Å². The molecule has 4 heteroatoms. The van der Waals surface area contributed by atoms with Gasteiger partial charge in [-0.2, -0.15) is 9.37 Å². The van der Waals surface area contributed by atoms with Gasteiger partial charge in [-0.15, -0.1) is 0 Å². The largest absolute Gasteiger partial charge is 0.235 e. The minimum absolute atomic E-state index is 0.301. The first-order valence-electron chi connectivity index (χ1n) is 5.71. The Labute approximate surface area is 103 Å². The Morgan fingerprint density at radius 3 is 2.94 bits per heavy atom. The van der Waals surface area contributed by atoms with E-state index in [1.807, 2.05) is 6.92 Å². The van der Waals surface area contributed by atoms with Gasteiger partial charge in [-0.05, 0) is 55.4 Å². The first kappa shape index (κ1) is 10.6. The van der Waals surface area contributed by atoms with Crippen molar-refractivity contribution in [1.29, 1.82) is 0 Å². The number of fused-ring (bicyclic) bond motifs is 1. The molecule has 0 atom stereocenters. The van der Waals surface area contributed by atoms with Gasteiger partial charge in [-0.25, -0.2) is 4.79 Å². The van der Waals surface area contributed by atoms with Crippen LogP contribution in [-0.4, -0.2) is 10.5 Å². The fourth-order valence-corrected chi connectivity index (χ4v) is 3.18. The molecule has 1 fully saturated rings. The molecule has 0 bridgehead atoms. The third-order valence-electron chi connectivity index (χ3n) is 3.63. The van der Waals surface area contributed by atoms with Gasteiger partial charge in [0.2, 0.25) is 6.08 Å². The highest BCUT2D eigenvalue weighted by Crippen LogP contribution is 2.45. The summed E-state index contributed by atoms with van der Waals surface area (Å²) in [5, 5.41) is 1.18. The van der Waals surface area contributed by atoms with E-state index in [9.17, 15) is 4.79 Å². The van der Waals surface area contributed by atoms with Crippen LogP contribution in [0.4, 0.5) is 0 Å². The van der Waals surface area contributed by atoms with E-state index in [-0.39, 0.29) is 5.54 Å². The fraction of sp³-hybridized carbons (Fsp3) is 0.385. The van der Waals surface area contributed by atoms with Gasteiger partial charge in [0, 0.05) is 5.39 Å². The number of nitrogens with zero attached hydrogens (tertiary/aromatic N) is 2. The van der Waals surface area contributed by atoms with Crippen LogP contribution in [0.1, 0.15) is 30.5 Å². The molecule has 17 heavy (non-hydrogen) atoms. The van der Waals surface area contributed by atoms with Crippen molar-refractivity contribution >= 4 is 27.7 Å². The van der Waals surface area contributed by atoms with Gasteiger partial charge in [0.15, 0.2) is 0 Å². The average Bonchev–Trinajstić information content (AvgIpc) is 2.65. The number of aromatic nitrogens is 1. The van der Waals surface area contributed by atoms with E-state index in [4.69, 9.17) is 0 Å². The third-order valence-corrected chi connectivity index (χ3v) is 4.55. The van der Waals surface area contributed by atoms with E-state index >= 15 is 0 Å². The summed E-state index contributed by atoms with van der Waals surface area (Å²) in [6.45, 7) is 2.01. The van der Waals surface area contributed by atoms with Gasteiger partial charge in [0.05, 0.1) is 15.9 Å². The van der Waals surface area contributed by atoms with Crippen LogP contribution in [0.25, 0.3) is 10.1 Å². The Bertz CT molecular complexity index is 621. The van der Waals surface area contributed by atoms with Crippen LogP contribution < -0.4 is 0 Å². The number of aliphatic imine (C=N–C) groups is 1. The highest BCUT2D eigenvalue weighted by molar-refractivity contribution is 7.13. The van der Waals surface area contributed by atoms with E-state index in [1.54, 1.807) is 6.08 Å². The van der Waals surface area contributed by atoms with Gasteiger partial charge in [-0.3, -0.25) is 0 Å². The lowest BCUT2D eigenvalue weighted by atomic mass is 9.72. The molecule has 0 spiro atoms. The Hall–Kier alpha value is -1.51. The first-order valence-corrected chi connectivity index (χ1v) is 6.48. The average molecular weight is 244 g/mol. The zero-order chi connectivity index (χ0) is 11.9. The van der Waals surface area contributed by atoms with Crippen molar-refractivity contribution < 1.29 is 4.79 Å². The lowest BCUT2D eigenvalue weighted by molar-refractivity contribution is 0.256. The van der Waals surface area contributed by atoms with Gasteiger partial charge in [-0.1, -0.05) is 6.07 Å². The van der Waals surface area contributed by atoms with E-state index < -0.39 is 0 Å². The molecule has 1 heterocycles. The monoisotopic (exact) mass is 244 g/mol. The summed E-state index contributed by atoms with van der Waals surface area (Å²) in [5.74, 6) is 0. The summed E-state index contributed by atoms with van der Waals surface area (Å²) in [5.41, 5.74) is 1.88. The van der Waals surface area contributed by atoms with Crippen LogP contribution in [-0.2, 0) is 10.3 Å². The lowest BCUT2D eigenvalue weighted by Gasteiger charge is -2.37. The second-order valence-electron chi connectivity index (χ2n) is 4.57. The number of isocyanates is 1. The molecule has 0 saturated heterocycles. The number of hydrogen-bond donors (Lipinski definition) is 0. The predicted molar refractivity (Wildman–Crippen MR) is 68.0 cm³/mol. The number of benzene rings is 1. The maximum Gasteiger partial charge on any atom is 0.235 e. The van der Waals surface area contributed by atoms with Crippen molar-refractivity contribution in [3.63, 3.8) is 0 Å². The molecule has 1 saturated carbocycles. The molecule has 0 radical (unpaired) electrons. The minimum atomic E-state index is -0.301. The molecule has 3 rings (SSSR count). The van der Waals surface area contributed by atoms with E-state index in [0.717, 1.165) is 30.5 Å². The highest BCUT2D eigenvalue weighted by Gasteiger charge is 2.38. The Morgan fingerprint density at radius 1 is 1.47 bits per heavy atom. The fourth-order valence-electron chi connectivity index (χ4n) is 2.41. The summed E-state index contributed by atoms with van der Waals surface area (Å²) in [6.07, 6.45) is 4.75. The molecular weight excluding hydrogens is 232 g/mol. The molecule has 1 aromatic heterocycles. The van der Waals surface area contributed by atoms with Crippen LogP contribution in [0.2, 0.25) is 0 Å².